The molecule has 0 aliphatic rings. The number of nitrogens with one attached hydrogen (secondary N) is 1. The molecular formula is C17H11NO5. The fraction of sp³-hybridized carbons (Fsp3) is 0. The number of carboxylic acids is 1. The van der Waals surface area contributed by atoms with Crippen molar-refractivity contribution >= 4 is 28.5 Å². The summed E-state index contributed by atoms with van der Waals surface area (Å²) < 4.78 is 5.28. The van der Waals surface area contributed by atoms with E-state index in [0.29, 0.717) is 10.9 Å². The molecule has 6 nitrogen and oxygen atoms in total. The molecule has 0 fully saturated rings. The van der Waals surface area contributed by atoms with Gasteiger partial charge in [-0.15, -0.1) is 0 Å². The standard InChI is InChI=1S/C17H11NO5/c19-15(16(20)21)18-12-7-6-11-8-13(10-4-2-1-3-5-10)17(22)23-14(11)9-12/h1-9H,(H,18,19)(H,20,21). The van der Waals surface area contributed by atoms with Crippen LogP contribution >= 0.6 is 0 Å². The average molecular weight is 309 g/mol. The van der Waals surface area contributed by atoms with Gasteiger partial charge >= 0.3 is 17.5 Å². The van der Waals surface area contributed by atoms with E-state index in [0.717, 1.165) is 5.56 Å². The maximum absolute atomic E-state index is 12.1. The van der Waals surface area contributed by atoms with Gasteiger partial charge in [0, 0.05) is 17.1 Å². The van der Waals surface area contributed by atoms with Crippen LogP contribution in [-0.4, -0.2) is 17.0 Å². The van der Waals surface area contributed by atoms with Crippen molar-refractivity contribution in [3.8, 4) is 11.1 Å². The fourth-order valence-electron chi connectivity index (χ4n) is 2.19. The molecule has 1 amide bonds. The molecule has 1 aromatic heterocycles. The van der Waals surface area contributed by atoms with Crippen LogP contribution in [0.25, 0.3) is 22.1 Å². The van der Waals surface area contributed by atoms with Crippen LogP contribution in [0.2, 0.25) is 0 Å². The van der Waals surface area contributed by atoms with E-state index >= 15 is 0 Å². The highest BCUT2D eigenvalue weighted by Gasteiger charge is 2.12. The lowest BCUT2D eigenvalue weighted by Gasteiger charge is -2.05. The Bertz CT molecular complexity index is 960. The summed E-state index contributed by atoms with van der Waals surface area (Å²) in [6.07, 6.45) is 0. The van der Waals surface area contributed by atoms with Crippen molar-refractivity contribution in [1.29, 1.82) is 0 Å². The molecule has 0 saturated carbocycles. The van der Waals surface area contributed by atoms with Crippen molar-refractivity contribution in [3.63, 3.8) is 0 Å². The van der Waals surface area contributed by atoms with E-state index < -0.39 is 17.5 Å². The van der Waals surface area contributed by atoms with E-state index in [-0.39, 0.29) is 11.3 Å². The number of hydrogen-bond donors (Lipinski definition) is 2. The largest absolute Gasteiger partial charge is 0.474 e. The number of rotatable bonds is 2. The quantitative estimate of drug-likeness (QED) is 0.560. The first-order valence-electron chi connectivity index (χ1n) is 6.72. The molecule has 2 N–H and O–H groups in total. The Morgan fingerprint density at radius 1 is 1.00 bits per heavy atom. The van der Waals surface area contributed by atoms with E-state index in [1.54, 1.807) is 24.3 Å². The van der Waals surface area contributed by atoms with E-state index in [4.69, 9.17) is 9.52 Å². The summed E-state index contributed by atoms with van der Waals surface area (Å²) in [5.41, 5.74) is 1.16. The zero-order valence-corrected chi connectivity index (χ0v) is 11.8. The number of hydrogen-bond acceptors (Lipinski definition) is 4. The molecule has 0 spiro atoms. The number of fused-ring (bicyclic) bond motifs is 1. The predicted octanol–water partition coefficient (Wildman–Crippen LogP) is 2.48. The Labute approximate surface area is 130 Å². The molecule has 0 aliphatic carbocycles. The van der Waals surface area contributed by atoms with Crippen LogP contribution in [0.3, 0.4) is 0 Å². The first kappa shape index (κ1) is 14.5. The van der Waals surface area contributed by atoms with Gasteiger partial charge in [0.05, 0.1) is 5.56 Å². The number of anilines is 1. The summed E-state index contributed by atoms with van der Waals surface area (Å²) in [6.45, 7) is 0. The summed E-state index contributed by atoms with van der Waals surface area (Å²) in [5.74, 6) is -2.75. The normalized spacial score (nSPS) is 10.4. The number of carbonyl (C=O) groups excluding carboxylic acids is 1. The molecule has 0 radical (unpaired) electrons. The van der Waals surface area contributed by atoms with Gasteiger partial charge in [-0.05, 0) is 23.8 Å². The van der Waals surface area contributed by atoms with Crippen molar-refractivity contribution in [2.45, 2.75) is 0 Å². The molecule has 1 heterocycles. The van der Waals surface area contributed by atoms with Gasteiger partial charge in [0.15, 0.2) is 0 Å². The van der Waals surface area contributed by atoms with Crippen LogP contribution < -0.4 is 10.9 Å². The molecule has 2 aromatic carbocycles. The maximum atomic E-state index is 12.1. The van der Waals surface area contributed by atoms with Gasteiger partial charge in [0.25, 0.3) is 0 Å². The van der Waals surface area contributed by atoms with Crippen LogP contribution in [0.1, 0.15) is 0 Å². The summed E-state index contributed by atoms with van der Waals surface area (Å²) >= 11 is 0. The third-order valence-electron chi connectivity index (χ3n) is 3.27. The van der Waals surface area contributed by atoms with Crippen molar-refractivity contribution in [3.05, 3.63) is 65.0 Å². The number of carbonyl (C=O) groups is 2. The number of aliphatic carboxylic acids is 1. The van der Waals surface area contributed by atoms with Gasteiger partial charge < -0.3 is 14.8 Å². The zero-order chi connectivity index (χ0) is 16.4. The maximum Gasteiger partial charge on any atom is 0.394 e. The van der Waals surface area contributed by atoms with Gasteiger partial charge in [-0.25, -0.2) is 9.59 Å². The lowest BCUT2D eigenvalue weighted by atomic mass is 10.1. The van der Waals surface area contributed by atoms with Crippen molar-refractivity contribution < 1.29 is 19.1 Å². The fourth-order valence-corrected chi connectivity index (χ4v) is 2.19. The molecule has 0 unspecified atom stereocenters. The van der Waals surface area contributed by atoms with Crippen LogP contribution in [0.4, 0.5) is 5.69 Å². The van der Waals surface area contributed by atoms with Crippen molar-refractivity contribution in [2.24, 2.45) is 0 Å². The Hall–Kier alpha value is -3.41. The molecule has 0 bridgehead atoms. The minimum Gasteiger partial charge on any atom is -0.474 e. The van der Waals surface area contributed by atoms with Crippen molar-refractivity contribution in [1.82, 2.24) is 0 Å². The van der Waals surface area contributed by atoms with E-state index in [9.17, 15) is 14.4 Å². The van der Waals surface area contributed by atoms with E-state index in [1.807, 2.05) is 18.2 Å². The molecule has 0 atom stereocenters. The molecule has 3 aromatic rings. The lowest BCUT2D eigenvalue weighted by molar-refractivity contribution is -0.147. The van der Waals surface area contributed by atoms with Gasteiger partial charge in [-0.1, -0.05) is 30.3 Å². The second kappa shape index (κ2) is 5.76. The average Bonchev–Trinajstić information content (AvgIpc) is 2.54. The van der Waals surface area contributed by atoms with E-state index in [2.05, 4.69) is 5.32 Å². The highest BCUT2D eigenvalue weighted by molar-refractivity contribution is 6.36. The summed E-state index contributed by atoms with van der Waals surface area (Å²) in [5, 5.41) is 11.4. The lowest BCUT2D eigenvalue weighted by Crippen LogP contribution is -2.21. The molecule has 6 heteroatoms. The summed E-state index contributed by atoms with van der Waals surface area (Å²) in [6, 6.07) is 15.4. The molecule has 23 heavy (non-hydrogen) atoms. The Morgan fingerprint density at radius 3 is 2.43 bits per heavy atom. The van der Waals surface area contributed by atoms with Crippen LogP contribution in [-0.2, 0) is 9.59 Å². The van der Waals surface area contributed by atoms with Crippen LogP contribution in [0, 0.1) is 0 Å². The highest BCUT2D eigenvalue weighted by Crippen LogP contribution is 2.23. The highest BCUT2D eigenvalue weighted by atomic mass is 16.4. The minimum absolute atomic E-state index is 0.237. The topological polar surface area (TPSA) is 96.6 Å². The summed E-state index contributed by atoms with van der Waals surface area (Å²) in [7, 11) is 0. The number of carboxylic acid groups (broad SMARTS) is 1. The third kappa shape index (κ3) is 2.96. The van der Waals surface area contributed by atoms with Gasteiger partial charge in [-0.2, -0.15) is 0 Å². The van der Waals surface area contributed by atoms with E-state index in [1.165, 1.54) is 12.1 Å². The van der Waals surface area contributed by atoms with Crippen LogP contribution in [0.15, 0.2) is 63.8 Å². The predicted molar refractivity (Wildman–Crippen MR) is 84.2 cm³/mol. The Kier molecular flexibility index (Phi) is 3.64. The molecular weight excluding hydrogens is 298 g/mol. The van der Waals surface area contributed by atoms with Gasteiger partial charge in [-0.3, -0.25) is 4.79 Å². The molecule has 0 saturated heterocycles. The Balaban J connectivity index is 2.04. The first-order chi connectivity index (χ1) is 11.0. The molecule has 114 valence electrons. The second-order valence-electron chi connectivity index (χ2n) is 4.83. The van der Waals surface area contributed by atoms with Gasteiger partial charge in [0.1, 0.15) is 5.58 Å². The molecule has 0 aliphatic heterocycles. The van der Waals surface area contributed by atoms with Gasteiger partial charge in [0.2, 0.25) is 0 Å². The minimum atomic E-state index is -1.59. The van der Waals surface area contributed by atoms with Crippen molar-refractivity contribution in [2.75, 3.05) is 5.32 Å². The smallest absolute Gasteiger partial charge is 0.394 e. The van der Waals surface area contributed by atoms with Crippen LogP contribution in [0.5, 0.6) is 0 Å². The SMILES string of the molecule is O=C(O)C(=O)Nc1ccc2cc(-c3ccccc3)c(=O)oc2c1. The first-order valence-corrected chi connectivity index (χ1v) is 6.72. The second-order valence-corrected chi connectivity index (χ2v) is 4.83. The molecule has 3 rings (SSSR count). The number of amides is 1. The third-order valence-corrected chi connectivity index (χ3v) is 3.27. The Morgan fingerprint density at radius 2 is 1.74 bits per heavy atom. The number of benzene rings is 2. The summed E-state index contributed by atoms with van der Waals surface area (Å²) in [4.78, 5) is 33.8. The zero-order valence-electron chi connectivity index (χ0n) is 11.8. The monoisotopic (exact) mass is 309 g/mol.